The van der Waals surface area contributed by atoms with Crippen LogP contribution in [0.3, 0.4) is 0 Å². The Balaban J connectivity index is 2.17. The first kappa shape index (κ1) is 36.7. The second-order valence-electron chi connectivity index (χ2n) is 12.5. The molecule has 0 saturated carbocycles. The highest BCUT2D eigenvalue weighted by atomic mass is 16.5. The first-order valence-corrected chi connectivity index (χ1v) is 15.7. The number of aliphatic hydroxyl groups excluding tert-OH is 1. The molecule has 4 unspecified atom stereocenters. The summed E-state index contributed by atoms with van der Waals surface area (Å²) in [6, 6.07) is 7.43. The van der Waals surface area contributed by atoms with Crippen molar-refractivity contribution in [2.24, 2.45) is 23.5 Å². The van der Waals surface area contributed by atoms with Crippen LogP contribution in [0.4, 0.5) is 0 Å². The van der Waals surface area contributed by atoms with Crippen molar-refractivity contribution in [3.8, 4) is 0 Å². The molecule has 1 aromatic rings. The highest BCUT2D eigenvalue weighted by Crippen LogP contribution is 2.30. The largest absolute Gasteiger partial charge is 0.386 e. The van der Waals surface area contributed by atoms with Gasteiger partial charge in [0.05, 0.1) is 54.8 Å². The van der Waals surface area contributed by atoms with Crippen molar-refractivity contribution in [2.45, 2.75) is 110 Å². The zero-order valence-corrected chi connectivity index (χ0v) is 27.7. The van der Waals surface area contributed by atoms with Crippen molar-refractivity contribution in [2.75, 3.05) is 27.8 Å². The number of nitrogens with two attached hydrogens (primary N) is 1. The summed E-state index contributed by atoms with van der Waals surface area (Å²) >= 11 is 0. The summed E-state index contributed by atoms with van der Waals surface area (Å²) in [7, 11) is 4.88. The Morgan fingerprint density at radius 3 is 2.26 bits per heavy atom. The van der Waals surface area contributed by atoms with Crippen molar-refractivity contribution in [3.63, 3.8) is 0 Å². The fourth-order valence-corrected chi connectivity index (χ4v) is 6.20. The number of hydrogen-bond donors (Lipinski definition) is 3. The Morgan fingerprint density at radius 2 is 1.72 bits per heavy atom. The third kappa shape index (κ3) is 9.23. The average molecular weight is 605 g/mol. The topological polar surface area (TPSA) is 134 Å². The van der Waals surface area contributed by atoms with E-state index in [2.05, 4.69) is 19.2 Å². The SMILES string of the molecule is CC[C@H](C)C(C(CC(=O)N1CCCC1[C@H](OC)[C@@H](C)C(=O)N[C@H](C)C(O)c1ccccc1)OC)N(C)C(=O)[C@@H](N)C(C)C. The molecule has 43 heavy (non-hydrogen) atoms. The number of benzene rings is 1. The van der Waals surface area contributed by atoms with Gasteiger partial charge in [0.25, 0.3) is 0 Å². The summed E-state index contributed by atoms with van der Waals surface area (Å²) in [4.78, 5) is 43.8. The molecule has 9 atom stereocenters. The molecular weight excluding hydrogens is 548 g/mol. The van der Waals surface area contributed by atoms with Gasteiger partial charge in [-0.25, -0.2) is 0 Å². The zero-order valence-electron chi connectivity index (χ0n) is 27.7. The molecule has 0 aromatic heterocycles. The zero-order chi connectivity index (χ0) is 32.4. The van der Waals surface area contributed by atoms with Crippen LogP contribution in [0, 0.1) is 17.8 Å². The number of nitrogens with one attached hydrogen (secondary N) is 1. The van der Waals surface area contributed by atoms with Crippen molar-refractivity contribution in [3.05, 3.63) is 35.9 Å². The lowest BCUT2D eigenvalue weighted by Gasteiger charge is -2.40. The van der Waals surface area contributed by atoms with E-state index in [-0.39, 0.29) is 48.1 Å². The van der Waals surface area contributed by atoms with Crippen LogP contribution in [0.25, 0.3) is 0 Å². The van der Waals surface area contributed by atoms with Gasteiger partial charge in [0.2, 0.25) is 17.7 Å². The number of carbonyl (C=O) groups excluding carboxylic acids is 3. The molecule has 2 rings (SSSR count). The maximum Gasteiger partial charge on any atom is 0.239 e. The van der Waals surface area contributed by atoms with Gasteiger partial charge < -0.3 is 35.4 Å². The Bertz CT molecular complexity index is 1020. The molecule has 3 amide bonds. The Kier molecular flexibility index (Phi) is 14.6. The van der Waals surface area contributed by atoms with Gasteiger partial charge in [0.1, 0.15) is 0 Å². The van der Waals surface area contributed by atoms with Gasteiger partial charge in [0.15, 0.2) is 0 Å². The number of carbonyl (C=O) groups is 3. The summed E-state index contributed by atoms with van der Waals surface area (Å²) in [5.41, 5.74) is 6.93. The van der Waals surface area contributed by atoms with E-state index >= 15 is 0 Å². The molecule has 1 saturated heterocycles. The lowest BCUT2D eigenvalue weighted by atomic mass is 9.89. The molecular formula is C33H56N4O6. The number of likely N-dealkylation sites (N-methyl/N-ethyl adjacent to an activating group) is 1. The third-order valence-corrected chi connectivity index (χ3v) is 9.25. The van der Waals surface area contributed by atoms with Crippen LogP contribution >= 0.6 is 0 Å². The van der Waals surface area contributed by atoms with Gasteiger partial charge in [-0.05, 0) is 37.2 Å². The van der Waals surface area contributed by atoms with Crippen molar-refractivity contribution < 1.29 is 29.0 Å². The molecule has 1 fully saturated rings. The second-order valence-corrected chi connectivity index (χ2v) is 12.5. The van der Waals surface area contributed by atoms with Gasteiger partial charge >= 0.3 is 0 Å². The van der Waals surface area contributed by atoms with Crippen LogP contribution in [-0.2, 0) is 23.9 Å². The summed E-state index contributed by atoms with van der Waals surface area (Å²) < 4.78 is 11.7. The third-order valence-electron chi connectivity index (χ3n) is 9.25. The number of methoxy groups -OCH3 is 2. The van der Waals surface area contributed by atoms with E-state index < -0.39 is 36.3 Å². The molecule has 10 nitrogen and oxygen atoms in total. The molecule has 10 heteroatoms. The van der Waals surface area contributed by atoms with Crippen molar-refractivity contribution in [1.29, 1.82) is 0 Å². The van der Waals surface area contributed by atoms with E-state index in [1.165, 1.54) is 0 Å². The van der Waals surface area contributed by atoms with Gasteiger partial charge in [-0.3, -0.25) is 14.4 Å². The molecule has 4 N–H and O–H groups in total. The molecule has 0 aliphatic carbocycles. The van der Waals surface area contributed by atoms with E-state index in [4.69, 9.17) is 15.2 Å². The number of aliphatic hydroxyl groups is 1. The average Bonchev–Trinajstić information content (AvgIpc) is 3.49. The quantitative estimate of drug-likeness (QED) is 0.264. The smallest absolute Gasteiger partial charge is 0.239 e. The minimum Gasteiger partial charge on any atom is -0.386 e. The lowest BCUT2D eigenvalue weighted by Crippen LogP contribution is -2.56. The number of hydrogen-bond acceptors (Lipinski definition) is 7. The highest BCUT2D eigenvalue weighted by Gasteiger charge is 2.42. The number of likely N-dealkylation sites (tertiary alicyclic amines) is 1. The summed E-state index contributed by atoms with van der Waals surface area (Å²) in [5, 5.41) is 13.7. The highest BCUT2D eigenvalue weighted by molar-refractivity contribution is 5.83. The molecule has 0 bridgehead atoms. The van der Waals surface area contributed by atoms with E-state index in [9.17, 15) is 19.5 Å². The second kappa shape index (κ2) is 17.1. The van der Waals surface area contributed by atoms with Crippen LogP contribution < -0.4 is 11.1 Å². The van der Waals surface area contributed by atoms with E-state index in [1.807, 2.05) is 49.1 Å². The molecule has 1 heterocycles. The Morgan fingerprint density at radius 1 is 1.09 bits per heavy atom. The lowest BCUT2D eigenvalue weighted by molar-refractivity contribution is -0.146. The maximum atomic E-state index is 13.8. The summed E-state index contributed by atoms with van der Waals surface area (Å²) in [5.74, 6) is -1.03. The molecule has 1 aromatic carbocycles. The van der Waals surface area contributed by atoms with Crippen LogP contribution in [-0.4, -0.2) is 96.8 Å². The number of nitrogens with zero attached hydrogens (tertiary/aromatic N) is 2. The minimum atomic E-state index is -0.854. The van der Waals surface area contributed by atoms with Crippen molar-refractivity contribution >= 4 is 17.7 Å². The normalized spacial score (nSPS) is 20.9. The first-order chi connectivity index (χ1) is 20.3. The Hall–Kier alpha value is -2.53. The minimum absolute atomic E-state index is 0.0183. The predicted molar refractivity (Wildman–Crippen MR) is 168 cm³/mol. The van der Waals surface area contributed by atoms with Gasteiger partial charge in [-0.2, -0.15) is 0 Å². The summed E-state index contributed by atoms with van der Waals surface area (Å²) in [6.45, 7) is 12.1. The van der Waals surface area contributed by atoms with Gasteiger partial charge in [0, 0.05) is 27.8 Å². The van der Waals surface area contributed by atoms with Crippen LogP contribution in [0.1, 0.15) is 78.9 Å². The van der Waals surface area contributed by atoms with Gasteiger partial charge in [-0.15, -0.1) is 0 Å². The summed E-state index contributed by atoms with van der Waals surface area (Å²) in [6.07, 6.45) is 0.474. The van der Waals surface area contributed by atoms with E-state index in [0.29, 0.717) is 13.0 Å². The van der Waals surface area contributed by atoms with Crippen LogP contribution in [0.5, 0.6) is 0 Å². The predicted octanol–water partition coefficient (Wildman–Crippen LogP) is 3.13. The number of ether oxygens (including phenoxy) is 2. The maximum absolute atomic E-state index is 13.8. The molecule has 1 aliphatic rings. The Labute approximate surface area is 258 Å². The standard InChI is InChI=1S/C33H56N4O6/c1-10-21(4)29(36(7)33(41)28(34)20(2)3)26(42-8)19-27(38)37-18-14-17-25(37)31(43-9)22(5)32(40)35-23(6)30(39)24-15-12-11-13-16-24/h11-13,15-16,20-23,25-26,28-31,39H,10,14,17-19,34H2,1-9H3,(H,35,40)/t21-,22+,23+,25?,26?,28-,29?,30?,31+/m0/s1. The molecule has 0 radical (unpaired) electrons. The fraction of sp³-hybridized carbons (Fsp3) is 0.727. The van der Waals surface area contributed by atoms with Gasteiger partial charge in [-0.1, -0.05) is 71.4 Å². The van der Waals surface area contributed by atoms with E-state index in [0.717, 1.165) is 18.4 Å². The van der Waals surface area contributed by atoms with E-state index in [1.54, 1.807) is 40.0 Å². The monoisotopic (exact) mass is 604 g/mol. The number of rotatable bonds is 16. The molecule has 244 valence electrons. The fourth-order valence-electron chi connectivity index (χ4n) is 6.20. The van der Waals surface area contributed by atoms with Crippen LogP contribution in [0.2, 0.25) is 0 Å². The number of amides is 3. The molecule has 0 spiro atoms. The molecule has 1 aliphatic heterocycles. The first-order valence-electron chi connectivity index (χ1n) is 15.7. The van der Waals surface area contributed by atoms with Crippen molar-refractivity contribution in [1.82, 2.24) is 15.1 Å². The van der Waals surface area contributed by atoms with Crippen LogP contribution in [0.15, 0.2) is 30.3 Å².